The molecule has 5 heteroatoms. The number of carbonyl (C=O) groups excluding carboxylic acids is 1. The third kappa shape index (κ3) is 2.24. The molecule has 3 rings (SSSR count). The number of hydrogen-bond acceptors (Lipinski definition) is 3. The smallest absolute Gasteiger partial charge is 0.311 e. The molecule has 1 aliphatic carbocycles. The van der Waals surface area contributed by atoms with Gasteiger partial charge in [0.15, 0.2) is 0 Å². The average Bonchev–Trinajstić information content (AvgIpc) is 3.10. The molecule has 2 atom stereocenters. The lowest BCUT2D eigenvalue weighted by atomic mass is 9.81. The maximum atomic E-state index is 12.3. The minimum Gasteiger partial charge on any atom is -0.481 e. The van der Waals surface area contributed by atoms with Crippen molar-refractivity contribution >= 4 is 23.2 Å². The number of carboxylic acid groups (broad SMARTS) is 1. The number of nitrogens with zero attached hydrogens (tertiary/aromatic N) is 1. The van der Waals surface area contributed by atoms with Crippen LogP contribution in [0.15, 0.2) is 17.5 Å². The summed E-state index contributed by atoms with van der Waals surface area (Å²) in [4.78, 5) is 26.9. The van der Waals surface area contributed by atoms with Crippen LogP contribution in [0.4, 0.5) is 0 Å². The van der Waals surface area contributed by atoms with Gasteiger partial charge in [-0.3, -0.25) is 9.59 Å². The standard InChI is InChI=1S/C15H19NO3S/c17-13(6-5-12-4-2-8-20-12)16-9-11-3-1-7-15(11,10-16)14(18)19/h2,4,8,11H,1,3,5-7,9-10H2,(H,18,19)/t11-,15+/m0/s1. The Morgan fingerprint density at radius 1 is 1.50 bits per heavy atom. The van der Waals surface area contributed by atoms with Gasteiger partial charge in [0.2, 0.25) is 5.91 Å². The number of rotatable bonds is 4. The monoisotopic (exact) mass is 293 g/mol. The first kappa shape index (κ1) is 13.6. The fraction of sp³-hybridized carbons (Fsp3) is 0.600. The number of thiophene rings is 1. The van der Waals surface area contributed by atoms with E-state index >= 15 is 0 Å². The summed E-state index contributed by atoms with van der Waals surface area (Å²) in [5, 5.41) is 11.5. The Bertz CT molecular complexity index is 513. The summed E-state index contributed by atoms with van der Waals surface area (Å²) in [7, 11) is 0. The summed E-state index contributed by atoms with van der Waals surface area (Å²) in [5.74, 6) is -0.451. The van der Waals surface area contributed by atoms with E-state index in [1.54, 1.807) is 16.2 Å². The molecule has 1 aromatic heterocycles. The third-order valence-electron chi connectivity index (χ3n) is 4.81. The van der Waals surface area contributed by atoms with Crippen molar-refractivity contribution in [2.75, 3.05) is 13.1 Å². The Morgan fingerprint density at radius 3 is 3.00 bits per heavy atom. The third-order valence-corrected chi connectivity index (χ3v) is 5.75. The number of amides is 1. The molecule has 2 aliphatic rings. The largest absolute Gasteiger partial charge is 0.481 e. The van der Waals surface area contributed by atoms with Crippen LogP contribution >= 0.6 is 11.3 Å². The van der Waals surface area contributed by atoms with Crippen LogP contribution in [-0.4, -0.2) is 35.0 Å². The number of fused-ring (bicyclic) bond motifs is 1. The Balaban J connectivity index is 1.62. The molecule has 1 aromatic rings. The van der Waals surface area contributed by atoms with Crippen LogP contribution in [0.2, 0.25) is 0 Å². The van der Waals surface area contributed by atoms with E-state index in [-0.39, 0.29) is 11.8 Å². The normalized spacial score (nSPS) is 28.6. The second kappa shape index (κ2) is 5.20. The number of aliphatic carboxylic acids is 1. The molecule has 1 amide bonds. The highest BCUT2D eigenvalue weighted by atomic mass is 32.1. The Morgan fingerprint density at radius 2 is 2.35 bits per heavy atom. The van der Waals surface area contributed by atoms with Gasteiger partial charge in [0, 0.05) is 24.4 Å². The van der Waals surface area contributed by atoms with Crippen molar-refractivity contribution in [1.82, 2.24) is 4.90 Å². The summed E-state index contributed by atoms with van der Waals surface area (Å²) >= 11 is 1.66. The molecule has 0 radical (unpaired) electrons. The topological polar surface area (TPSA) is 57.6 Å². The van der Waals surface area contributed by atoms with E-state index in [2.05, 4.69) is 0 Å². The highest BCUT2D eigenvalue weighted by Crippen LogP contribution is 2.48. The molecular weight excluding hydrogens is 274 g/mol. The molecule has 0 unspecified atom stereocenters. The number of carbonyl (C=O) groups is 2. The fourth-order valence-corrected chi connectivity index (χ4v) is 4.38. The number of carboxylic acids is 1. The SMILES string of the molecule is O=C(CCc1cccs1)N1C[C@@H]2CCC[C@@]2(C(=O)O)C1. The number of likely N-dealkylation sites (tertiary alicyclic amines) is 1. The minimum absolute atomic E-state index is 0.105. The van der Waals surface area contributed by atoms with E-state index in [1.807, 2.05) is 17.5 Å². The second-order valence-corrected chi connectivity index (χ2v) is 6.94. The summed E-state index contributed by atoms with van der Waals surface area (Å²) < 4.78 is 0. The van der Waals surface area contributed by atoms with Crippen LogP contribution in [0.5, 0.6) is 0 Å². The van der Waals surface area contributed by atoms with Gasteiger partial charge in [-0.05, 0) is 36.6 Å². The van der Waals surface area contributed by atoms with Crippen LogP contribution in [0.3, 0.4) is 0 Å². The molecule has 20 heavy (non-hydrogen) atoms. The first-order chi connectivity index (χ1) is 9.62. The van der Waals surface area contributed by atoms with Crippen LogP contribution in [0.25, 0.3) is 0 Å². The molecule has 0 aromatic carbocycles. The molecular formula is C15H19NO3S. The van der Waals surface area contributed by atoms with E-state index in [4.69, 9.17) is 0 Å². The van der Waals surface area contributed by atoms with Crippen molar-refractivity contribution in [1.29, 1.82) is 0 Å². The second-order valence-electron chi connectivity index (χ2n) is 5.90. The predicted molar refractivity (Wildman–Crippen MR) is 76.6 cm³/mol. The van der Waals surface area contributed by atoms with Gasteiger partial charge >= 0.3 is 5.97 Å². The van der Waals surface area contributed by atoms with Crippen molar-refractivity contribution in [3.63, 3.8) is 0 Å². The summed E-state index contributed by atoms with van der Waals surface area (Å²) in [5.41, 5.74) is -0.654. The van der Waals surface area contributed by atoms with E-state index < -0.39 is 11.4 Å². The van der Waals surface area contributed by atoms with Crippen molar-refractivity contribution in [3.8, 4) is 0 Å². The highest BCUT2D eigenvalue weighted by molar-refractivity contribution is 7.09. The molecule has 0 spiro atoms. The van der Waals surface area contributed by atoms with E-state index in [0.717, 1.165) is 25.7 Å². The zero-order valence-corrected chi connectivity index (χ0v) is 12.2. The minimum atomic E-state index is -0.714. The van der Waals surface area contributed by atoms with Gasteiger partial charge in [-0.1, -0.05) is 12.5 Å². The van der Waals surface area contributed by atoms with Crippen molar-refractivity contribution < 1.29 is 14.7 Å². The van der Waals surface area contributed by atoms with Gasteiger partial charge < -0.3 is 10.0 Å². The lowest BCUT2D eigenvalue weighted by Crippen LogP contribution is -2.37. The molecule has 1 saturated heterocycles. The lowest BCUT2D eigenvalue weighted by Gasteiger charge is -2.23. The maximum Gasteiger partial charge on any atom is 0.311 e. The van der Waals surface area contributed by atoms with Crippen molar-refractivity contribution in [2.24, 2.45) is 11.3 Å². The molecule has 4 nitrogen and oxygen atoms in total. The Kier molecular flexibility index (Phi) is 3.54. The van der Waals surface area contributed by atoms with Gasteiger partial charge in [-0.25, -0.2) is 0 Å². The lowest BCUT2D eigenvalue weighted by molar-refractivity contribution is -0.149. The van der Waals surface area contributed by atoms with Crippen LogP contribution in [0, 0.1) is 11.3 Å². The number of hydrogen-bond donors (Lipinski definition) is 1. The fourth-order valence-electron chi connectivity index (χ4n) is 3.67. The van der Waals surface area contributed by atoms with Crippen molar-refractivity contribution in [2.45, 2.75) is 32.1 Å². The van der Waals surface area contributed by atoms with Gasteiger partial charge in [-0.15, -0.1) is 11.3 Å². The number of aryl methyl sites for hydroxylation is 1. The molecule has 108 valence electrons. The summed E-state index contributed by atoms with van der Waals surface area (Å²) in [6, 6.07) is 4.03. The Labute approximate surface area is 122 Å². The predicted octanol–water partition coefficient (Wildman–Crippen LogP) is 2.39. The quantitative estimate of drug-likeness (QED) is 0.927. The van der Waals surface area contributed by atoms with Crippen molar-refractivity contribution in [3.05, 3.63) is 22.4 Å². The van der Waals surface area contributed by atoms with Gasteiger partial charge in [0.25, 0.3) is 0 Å². The first-order valence-electron chi connectivity index (χ1n) is 7.15. The average molecular weight is 293 g/mol. The van der Waals surface area contributed by atoms with Crippen LogP contribution < -0.4 is 0 Å². The maximum absolute atomic E-state index is 12.3. The van der Waals surface area contributed by atoms with E-state index in [1.165, 1.54) is 4.88 Å². The molecule has 2 fully saturated rings. The molecule has 2 heterocycles. The van der Waals surface area contributed by atoms with Gasteiger partial charge in [0.05, 0.1) is 5.41 Å². The summed E-state index contributed by atoms with van der Waals surface area (Å²) in [6.45, 7) is 1.05. The van der Waals surface area contributed by atoms with E-state index in [9.17, 15) is 14.7 Å². The Hall–Kier alpha value is -1.36. The zero-order chi connectivity index (χ0) is 14.2. The molecule has 1 aliphatic heterocycles. The first-order valence-corrected chi connectivity index (χ1v) is 8.03. The van der Waals surface area contributed by atoms with E-state index in [0.29, 0.717) is 19.5 Å². The van der Waals surface area contributed by atoms with Crippen LogP contribution in [0.1, 0.15) is 30.6 Å². The molecule has 0 bridgehead atoms. The highest BCUT2D eigenvalue weighted by Gasteiger charge is 2.55. The zero-order valence-electron chi connectivity index (χ0n) is 11.4. The summed E-state index contributed by atoms with van der Waals surface area (Å²) in [6.07, 6.45) is 3.90. The van der Waals surface area contributed by atoms with Gasteiger partial charge in [-0.2, -0.15) is 0 Å². The molecule has 1 N–H and O–H groups in total. The van der Waals surface area contributed by atoms with Crippen LogP contribution in [-0.2, 0) is 16.0 Å². The molecule has 1 saturated carbocycles. The van der Waals surface area contributed by atoms with Gasteiger partial charge in [0.1, 0.15) is 0 Å².